The summed E-state index contributed by atoms with van der Waals surface area (Å²) in [6.45, 7) is 8.81. The van der Waals surface area contributed by atoms with Crippen molar-refractivity contribution in [2.24, 2.45) is 22.2 Å². The van der Waals surface area contributed by atoms with E-state index in [-0.39, 0.29) is 0 Å². The van der Waals surface area contributed by atoms with Gasteiger partial charge in [-0.05, 0) is 50.9 Å². The van der Waals surface area contributed by atoms with E-state index in [2.05, 4.69) is 37.4 Å². The van der Waals surface area contributed by atoms with E-state index in [1.807, 2.05) is 6.92 Å². The minimum absolute atomic E-state index is 0.357. The van der Waals surface area contributed by atoms with Crippen molar-refractivity contribution < 1.29 is 4.79 Å². The van der Waals surface area contributed by atoms with Crippen LogP contribution in [-0.2, 0) is 0 Å². The summed E-state index contributed by atoms with van der Waals surface area (Å²) in [6, 6.07) is -0.608. The number of allylic oxidation sites excluding steroid dienone is 2. The average molecular weight is 251 g/mol. The summed E-state index contributed by atoms with van der Waals surface area (Å²) in [6.07, 6.45) is 6.74. The molecule has 0 saturated carbocycles. The number of nitrogens with zero attached hydrogens (tertiary/aromatic N) is 1. The highest BCUT2D eigenvalue weighted by Crippen LogP contribution is 2.43. The molecule has 0 spiro atoms. The Balaban J connectivity index is 2.56. The van der Waals surface area contributed by atoms with Gasteiger partial charge in [0.05, 0.1) is 0 Å². The minimum Gasteiger partial charge on any atom is -0.350 e. The molecule has 0 bridgehead atoms. The molecular formula is C14H25N3O. The van der Waals surface area contributed by atoms with Gasteiger partial charge < -0.3 is 5.73 Å². The molecular weight excluding hydrogens is 226 g/mol. The number of nitrogens with one attached hydrogen (secondary N) is 1. The van der Waals surface area contributed by atoms with Gasteiger partial charge in [-0.25, -0.2) is 10.2 Å². The van der Waals surface area contributed by atoms with Crippen LogP contribution in [0.2, 0.25) is 0 Å². The Morgan fingerprint density at radius 2 is 2.28 bits per heavy atom. The second-order valence-electron chi connectivity index (χ2n) is 5.89. The molecule has 1 aliphatic carbocycles. The van der Waals surface area contributed by atoms with Crippen molar-refractivity contribution in [2.75, 3.05) is 0 Å². The number of nitrogens with two attached hydrogens (primary N) is 1. The Bertz CT molecular complexity index is 369. The molecule has 4 nitrogen and oxygen atoms in total. The number of urea groups is 1. The van der Waals surface area contributed by atoms with Gasteiger partial charge in [0.25, 0.3) is 0 Å². The van der Waals surface area contributed by atoms with Crippen molar-refractivity contribution in [2.45, 2.75) is 53.4 Å². The van der Waals surface area contributed by atoms with E-state index in [9.17, 15) is 4.79 Å². The van der Waals surface area contributed by atoms with Gasteiger partial charge in [0.1, 0.15) is 0 Å². The third-order valence-electron chi connectivity index (χ3n) is 3.90. The first kappa shape index (κ1) is 14.7. The van der Waals surface area contributed by atoms with Crippen LogP contribution in [0.4, 0.5) is 4.79 Å². The van der Waals surface area contributed by atoms with Crippen molar-refractivity contribution in [3.8, 4) is 0 Å². The van der Waals surface area contributed by atoms with E-state index in [1.54, 1.807) is 0 Å². The monoisotopic (exact) mass is 251 g/mol. The van der Waals surface area contributed by atoms with Crippen LogP contribution in [0, 0.1) is 11.3 Å². The molecule has 18 heavy (non-hydrogen) atoms. The summed E-state index contributed by atoms with van der Waals surface area (Å²) in [5.74, 6) is 0.602. The fourth-order valence-corrected chi connectivity index (χ4v) is 2.78. The molecule has 0 aliphatic heterocycles. The molecule has 102 valence electrons. The summed E-state index contributed by atoms with van der Waals surface area (Å²) in [7, 11) is 0. The highest BCUT2D eigenvalue weighted by molar-refractivity contribution is 5.83. The van der Waals surface area contributed by atoms with E-state index >= 15 is 0 Å². The van der Waals surface area contributed by atoms with Gasteiger partial charge in [0.2, 0.25) is 0 Å². The van der Waals surface area contributed by atoms with Gasteiger partial charge in [-0.3, -0.25) is 0 Å². The van der Waals surface area contributed by atoms with Crippen molar-refractivity contribution >= 4 is 11.7 Å². The zero-order valence-corrected chi connectivity index (χ0v) is 11.9. The Hall–Kier alpha value is -1.32. The van der Waals surface area contributed by atoms with Crippen molar-refractivity contribution in [3.63, 3.8) is 0 Å². The molecule has 0 radical (unpaired) electrons. The molecule has 1 atom stereocenters. The van der Waals surface area contributed by atoms with Crippen LogP contribution in [0.1, 0.15) is 53.4 Å². The standard InChI is InChI=1S/C14H25N3O/c1-10-6-5-9-14(3,4)12(10)8-7-11(2)16-17-13(15)18/h6,12H,5,7-9H2,1-4H3,(H3,15,17,18)/b16-11-/t12-/m0/s1. The summed E-state index contributed by atoms with van der Waals surface area (Å²) in [4.78, 5) is 10.6. The summed E-state index contributed by atoms with van der Waals surface area (Å²) >= 11 is 0. The maximum absolute atomic E-state index is 10.6. The zero-order valence-electron chi connectivity index (χ0n) is 11.9. The third-order valence-corrected chi connectivity index (χ3v) is 3.90. The first-order chi connectivity index (χ1) is 8.33. The molecule has 2 amide bonds. The van der Waals surface area contributed by atoms with Crippen molar-refractivity contribution in [1.29, 1.82) is 0 Å². The van der Waals surface area contributed by atoms with Crippen LogP contribution in [0.3, 0.4) is 0 Å². The Labute approximate surface area is 110 Å². The number of hydrogen-bond acceptors (Lipinski definition) is 2. The van der Waals surface area contributed by atoms with Gasteiger partial charge in [-0.2, -0.15) is 5.10 Å². The Kier molecular flexibility index (Phi) is 4.93. The molecule has 0 saturated heterocycles. The maximum atomic E-state index is 10.6. The molecule has 3 N–H and O–H groups in total. The summed E-state index contributed by atoms with van der Waals surface area (Å²) in [5.41, 5.74) is 10.0. The van der Waals surface area contributed by atoms with Gasteiger partial charge in [-0.1, -0.05) is 25.5 Å². The Morgan fingerprint density at radius 1 is 1.61 bits per heavy atom. The second-order valence-corrected chi connectivity index (χ2v) is 5.89. The highest BCUT2D eigenvalue weighted by atomic mass is 16.2. The third kappa shape index (κ3) is 4.17. The quantitative estimate of drug-likeness (QED) is 0.450. The van der Waals surface area contributed by atoms with E-state index in [0.29, 0.717) is 11.3 Å². The summed E-state index contributed by atoms with van der Waals surface area (Å²) in [5, 5.41) is 3.95. The van der Waals surface area contributed by atoms with Crippen LogP contribution >= 0.6 is 0 Å². The van der Waals surface area contributed by atoms with Crippen molar-refractivity contribution in [1.82, 2.24) is 5.43 Å². The highest BCUT2D eigenvalue weighted by Gasteiger charge is 2.32. The van der Waals surface area contributed by atoms with Crippen LogP contribution in [-0.4, -0.2) is 11.7 Å². The van der Waals surface area contributed by atoms with E-state index in [4.69, 9.17) is 5.73 Å². The molecule has 1 rings (SSSR count). The summed E-state index contributed by atoms with van der Waals surface area (Å²) < 4.78 is 0. The number of rotatable bonds is 4. The van der Waals surface area contributed by atoms with Crippen LogP contribution < -0.4 is 11.2 Å². The van der Waals surface area contributed by atoms with Crippen LogP contribution in [0.5, 0.6) is 0 Å². The smallest absolute Gasteiger partial charge is 0.332 e. The van der Waals surface area contributed by atoms with Gasteiger partial charge in [0.15, 0.2) is 0 Å². The Morgan fingerprint density at radius 3 is 2.83 bits per heavy atom. The maximum Gasteiger partial charge on any atom is 0.332 e. The van der Waals surface area contributed by atoms with Gasteiger partial charge in [0, 0.05) is 5.71 Å². The minimum atomic E-state index is -0.608. The molecule has 0 unspecified atom stereocenters. The fraction of sp³-hybridized carbons (Fsp3) is 0.714. The number of carbonyl (C=O) groups is 1. The molecule has 1 aliphatic rings. The lowest BCUT2D eigenvalue weighted by Gasteiger charge is -2.38. The van der Waals surface area contributed by atoms with Crippen molar-refractivity contribution in [3.05, 3.63) is 11.6 Å². The number of carbonyl (C=O) groups excluding carboxylic acids is 1. The zero-order chi connectivity index (χ0) is 13.8. The molecule has 0 fully saturated rings. The lowest BCUT2D eigenvalue weighted by Crippen LogP contribution is -2.29. The van der Waals surface area contributed by atoms with Gasteiger partial charge >= 0.3 is 6.03 Å². The molecule has 0 aromatic heterocycles. The van der Waals surface area contributed by atoms with Crippen LogP contribution in [0.25, 0.3) is 0 Å². The molecule has 4 heteroatoms. The first-order valence-corrected chi connectivity index (χ1v) is 6.58. The number of hydrazone groups is 1. The van der Waals surface area contributed by atoms with E-state index < -0.39 is 6.03 Å². The lowest BCUT2D eigenvalue weighted by atomic mass is 9.67. The number of hydrogen-bond donors (Lipinski definition) is 2. The lowest BCUT2D eigenvalue weighted by molar-refractivity contribution is 0.206. The van der Waals surface area contributed by atoms with Gasteiger partial charge in [-0.15, -0.1) is 0 Å². The SMILES string of the molecule is CC1=CCCC(C)(C)[C@H]1CC/C(C)=N\NC(N)=O. The van der Waals surface area contributed by atoms with Crippen LogP contribution in [0.15, 0.2) is 16.8 Å². The first-order valence-electron chi connectivity index (χ1n) is 6.58. The number of amides is 2. The normalized spacial score (nSPS) is 23.4. The predicted octanol–water partition coefficient (Wildman–Crippen LogP) is 3.19. The van der Waals surface area contributed by atoms with E-state index in [1.165, 1.54) is 18.4 Å². The molecule has 0 heterocycles. The van der Waals surface area contributed by atoms with E-state index in [0.717, 1.165) is 18.6 Å². The predicted molar refractivity (Wildman–Crippen MR) is 75.3 cm³/mol. The largest absolute Gasteiger partial charge is 0.350 e. The second kappa shape index (κ2) is 6.03. The topological polar surface area (TPSA) is 67.5 Å². The fourth-order valence-electron chi connectivity index (χ4n) is 2.78. The molecule has 0 aromatic carbocycles. The average Bonchev–Trinajstić information content (AvgIpc) is 2.24. The molecule has 0 aromatic rings. The number of primary amides is 1.